The number of piperidine rings is 1. The fourth-order valence-electron chi connectivity index (χ4n) is 3.69. The van der Waals surface area contributed by atoms with Crippen LogP contribution in [0.4, 0.5) is 5.69 Å². The Morgan fingerprint density at radius 1 is 1.00 bits per heavy atom. The molecule has 3 aromatic rings. The number of hydrogen-bond acceptors (Lipinski definition) is 2. The van der Waals surface area contributed by atoms with Gasteiger partial charge < -0.3 is 10.6 Å². The zero-order valence-electron chi connectivity index (χ0n) is 14.0. The number of amides is 1. The standard InChI is InChI=1S/C21H22N2O/c1-14-7-9-23(10-8-14)18-6-5-15-13-20-16(11-17(15)12-18)3-2-4-19(20)21(22)24/h2-6,11-14H,7-10H2,1H3,(H2,22,24). The first-order chi connectivity index (χ1) is 11.6. The number of anilines is 1. The summed E-state index contributed by atoms with van der Waals surface area (Å²) in [6.45, 7) is 4.60. The van der Waals surface area contributed by atoms with Crippen LogP contribution in [0.25, 0.3) is 21.5 Å². The smallest absolute Gasteiger partial charge is 0.249 e. The van der Waals surface area contributed by atoms with Crippen molar-refractivity contribution in [1.82, 2.24) is 0 Å². The van der Waals surface area contributed by atoms with E-state index in [0.717, 1.165) is 35.2 Å². The molecule has 122 valence electrons. The molecule has 0 aliphatic carbocycles. The first-order valence-corrected chi connectivity index (χ1v) is 8.63. The molecular weight excluding hydrogens is 296 g/mol. The van der Waals surface area contributed by atoms with Crippen LogP contribution in [0.2, 0.25) is 0 Å². The van der Waals surface area contributed by atoms with Crippen molar-refractivity contribution in [2.45, 2.75) is 19.8 Å². The Labute approximate surface area is 142 Å². The summed E-state index contributed by atoms with van der Waals surface area (Å²) in [6, 6.07) is 16.6. The molecule has 1 saturated heterocycles. The van der Waals surface area contributed by atoms with Gasteiger partial charge in [0, 0.05) is 24.3 Å². The molecule has 0 radical (unpaired) electrons. The molecule has 0 saturated carbocycles. The van der Waals surface area contributed by atoms with Crippen LogP contribution < -0.4 is 10.6 Å². The molecule has 0 atom stereocenters. The van der Waals surface area contributed by atoms with Crippen LogP contribution in [0.15, 0.2) is 48.5 Å². The first-order valence-electron chi connectivity index (χ1n) is 8.63. The van der Waals surface area contributed by atoms with Crippen LogP contribution in [0.3, 0.4) is 0 Å². The molecule has 0 aromatic heterocycles. The lowest BCUT2D eigenvalue weighted by molar-refractivity contribution is 0.100. The van der Waals surface area contributed by atoms with Crippen LogP contribution in [-0.2, 0) is 0 Å². The van der Waals surface area contributed by atoms with Crippen molar-refractivity contribution in [3.8, 4) is 0 Å². The van der Waals surface area contributed by atoms with Crippen LogP contribution in [0, 0.1) is 5.92 Å². The number of benzene rings is 3. The highest BCUT2D eigenvalue weighted by Crippen LogP contribution is 2.30. The topological polar surface area (TPSA) is 46.3 Å². The van der Waals surface area contributed by atoms with E-state index in [-0.39, 0.29) is 5.91 Å². The Bertz CT molecular complexity index is 924. The van der Waals surface area contributed by atoms with E-state index in [1.807, 2.05) is 12.1 Å². The average Bonchev–Trinajstić information content (AvgIpc) is 2.59. The molecule has 1 amide bonds. The molecule has 1 aliphatic heterocycles. The van der Waals surface area contributed by atoms with Crippen molar-refractivity contribution in [2.24, 2.45) is 11.7 Å². The van der Waals surface area contributed by atoms with Gasteiger partial charge in [0.2, 0.25) is 5.91 Å². The van der Waals surface area contributed by atoms with E-state index in [0.29, 0.717) is 5.56 Å². The van der Waals surface area contributed by atoms with Crippen molar-refractivity contribution in [3.63, 3.8) is 0 Å². The van der Waals surface area contributed by atoms with Gasteiger partial charge in [0.1, 0.15) is 0 Å². The number of rotatable bonds is 2. The molecule has 1 fully saturated rings. The fraction of sp³-hybridized carbons (Fsp3) is 0.286. The minimum absolute atomic E-state index is 0.376. The van der Waals surface area contributed by atoms with Crippen LogP contribution in [0.5, 0.6) is 0 Å². The molecule has 0 spiro atoms. The number of nitrogens with zero attached hydrogens (tertiary/aromatic N) is 1. The van der Waals surface area contributed by atoms with E-state index in [1.165, 1.54) is 23.9 Å². The lowest BCUT2D eigenvalue weighted by Gasteiger charge is -2.32. The van der Waals surface area contributed by atoms with E-state index in [9.17, 15) is 4.79 Å². The molecule has 4 rings (SSSR count). The number of fused-ring (bicyclic) bond motifs is 2. The van der Waals surface area contributed by atoms with E-state index < -0.39 is 0 Å². The maximum Gasteiger partial charge on any atom is 0.249 e. The predicted octanol–water partition coefficient (Wildman–Crippen LogP) is 4.33. The van der Waals surface area contributed by atoms with Crippen molar-refractivity contribution < 1.29 is 4.79 Å². The Hall–Kier alpha value is -2.55. The number of carbonyl (C=O) groups excluding carboxylic acids is 1. The minimum atomic E-state index is -0.376. The molecule has 3 nitrogen and oxygen atoms in total. The molecule has 3 heteroatoms. The van der Waals surface area contributed by atoms with Gasteiger partial charge in [-0.1, -0.05) is 25.1 Å². The second-order valence-electron chi connectivity index (χ2n) is 6.94. The van der Waals surface area contributed by atoms with E-state index in [4.69, 9.17) is 5.73 Å². The average molecular weight is 318 g/mol. The molecule has 3 aromatic carbocycles. The molecule has 2 N–H and O–H groups in total. The van der Waals surface area contributed by atoms with Gasteiger partial charge in [-0.25, -0.2) is 0 Å². The number of carbonyl (C=O) groups is 1. The predicted molar refractivity (Wildman–Crippen MR) is 101 cm³/mol. The van der Waals surface area contributed by atoms with Gasteiger partial charge in [0.25, 0.3) is 0 Å². The first kappa shape index (κ1) is 15.0. The van der Waals surface area contributed by atoms with Gasteiger partial charge in [0.15, 0.2) is 0 Å². The van der Waals surface area contributed by atoms with E-state index in [2.05, 4.69) is 42.2 Å². The van der Waals surface area contributed by atoms with Crippen molar-refractivity contribution >= 4 is 33.1 Å². The number of primary amides is 1. The van der Waals surface area contributed by atoms with Crippen LogP contribution in [-0.4, -0.2) is 19.0 Å². The Balaban J connectivity index is 1.80. The highest BCUT2D eigenvalue weighted by Gasteiger charge is 2.16. The quantitative estimate of drug-likeness (QED) is 0.715. The molecule has 1 heterocycles. The molecule has 0 unspecified atom stereocenters. The van der Waals surface area contributed by atoms with Crippen LogP contribution in [0.1, 0.15) is 30.1 Å². The summed E-state index contributed by atoms with van der Waals surface area (Å²) in [7, 11) is 0. The normalized spacial score (nSPS) is 16.0. The van der Waals surface area contributed by atoms with Gasteiger partial charge >= 0.3 is 0 Å². The van der Waals surface area contributed by atoms with Gasteiger partial charge in [-0.2, -0.15) is 0 Å². The second-order valence-corrected chi connectivity index (χ2v) is 6.94. The molecule has 0 bridgehead atoms. The van der Waals surface area contributed by atoms with Crippen molar-refractivity contribution in [3.05, 3.63) is 54.1 Å². The monoisotopic (exact) mass is 318 g/mol. The SMILES string of the molecule is CC1CCN(c2ccc3cc4c(C(N)=O)cccc4cc3c2)CC1. The van der Waals surface area contributed by atoms with Crippen molar-refractivity contribution in [1.29, 1.82) is 0 Å². The Morgan fingerprint density at radius 2 is 1.79 bits per heavy atom. The summed E-state index contributed by atoms with van der Waals surface area (Å²) in [4.78, 5) is 14.1. The van der Waals surface area contributed by atoms with Gasteiger partial charge in [-0.3, -0.25) is 4.79 Å². The Kier molecular flexibility index (Phi) is 3.64. The zero-order valence-corrected chi connectivity index (χ0v) is 14.0. The van der Waals surface area contributed by atoms with Gasteiger partial charge in [-0.15, -0.1) is 0 Å². The molecule has 1 aliphatic rings. The maximum absolute atomic E-state index is 11.7. The third-order valence-corrected chi connectivity index (χ3v) is 5.24. The summed E-state index contributed by atoms with van der Waals surface area (Å²) in [5.41, 5.74) is 7.39. The molecular formula is C21H22N2O. The fourth-order valence-corrected chi connectivity index (χ4v) is 3.69. The number of nitrogens with two attached hydrogens (primary N) is 1. The summed E-state index contributed by atoms with van der Waals surface area (Å²) in [5, 5.41) is 4.34. The second kappa shape index (κ2) is 5.82. The van der Waals surface area contributed by atoms with Crippen molar-refractivity contribution in [2.75, 3.05) is 18.0 Å². The van der Waals surface area contributed by atoms with Crippen LogP contribution >= 0.6 is 0 Å². The Morgan fingerprint density at radius 3 is 2.54 bits per heavy atom. The lowest BCUT2D eigenvalue weighted by Crippen LogP contribution is -2.32. The maximum atomic E-state index is 11.7. The largest absolute Gasteiger partial charge is 0.371 e. The highest BCUT2D eigenvalue weighted by molar-refractivity contribution is 6.10. The van der Waals surface area contributed by atoms with Gasteiger partial charge in [-0.05, 0) is 70.6 Å². The summed E-state index contributed by atoms with van der Waals surface area (Å²) < 4.78 is 0. The molecule has 24 heavy (non-hydrogen) atoms. The van der Waals surface area contributed by atoms with Gasteiger partial charge in [0.05, 0.1) is 0 Å². The highest BCUT2D eigenvalue weighted by atomic mass is 16.1. The lowest BCUT2D eigenvalue weighted by atomic mass is 9.97. The summed E-state index contributed by atoms with van der Waals surface area (Å²) in [5.74, 6) is 0.455. The van der Waals surface area contributed by atoms with E-state index in [1.54, 1.807) is 6.07 Å². The van der Waals surface area contributed by atoms with E-state index >= 15 is 0 Å². The summed E-state index contributed by atoms with van der Waals surface area (Å²) in [6.07, 6.45) is 2.52. The zero-order chi connectivity index (χ0) is 16.7. The third kappa shape index (κ3) is 2.60. The summed E-state index contributed by atoms with van der Waals surface area (Å²) >= 11 is 0. The minimum Gasteiger partial charge on any atom is -0.371 e. The third-order valence-electron chi connectivity index (χ3n) is 5.24. The number of hydrogen-bond donors (Lipinski definition) is 1.